The van der Waals surface area contributed by atoms with Gasteiger partial charge in [0, 0.05) is 10.6 Å². The average Bonchev–Trinajstić information content (AvgIpc) is 2.47. The average molecular weight is 323 g/mol. The Morgan fingerprint density at radius 2 is 1.95 bits per heavy atom. The monoisotopic (exact) mass is 322 g/mol. The number of hydrogen-bond acceptors (Lipinski definition) is 3. The third-order valence-electron chi connectivity index (χ3n) is 2.99. The predicted molar refractivity (Wildman–Crippen MR) is 79.8 cm³/mol. The Morgan fingerprint density at radius 1 is 1.23 bits per heavy atom. The minimum Gasteiger partial charge on any atom is -0.478 e. The Bertz CT molecular complexity index is 743. The Hall–Kier alpha value is -2.40. The number of halogens is 2. The SMILES string of the molecule is CCOC(=O)c1ccc(-c2cc(C(=O)O)ccc2Cl)cc1F. The van der Waals surface area contributed by atoms with E-state index in [9.17, 15) is 14.0 Å². The first-order valence-corrected chi connectivity index (χ1v) is 6.81. The van der Waals surface area contributed by atoms with Crippen molar-refractivity contribution in [2.24, 2.45) is 0 Å². The molecule has 0 saturated carbocycles. The summed E-state index contributed by atoms with van der Waals surface area (Å²) in [5.41, 5.74) is 0.597. The van der Waals surface area contributed by atoms with Crippen LogP contribution in [0.2, 0.25) is 5.02 Å². The van der Waals surface area contributed by atoms with Gasteiger partial charge in [-0.15, -0.1) is 0 Å². The van der Waals surface area contributed by atoms with E-state index in [0.717, 1.165) is 6.07 Å². The van der Waals surface area contributed by atoms with Crippen LogP contribution in [0.5, 0.6) is 0 Å². The number of aromatic carboxylic acids is 1. The second-order valence-corrected chi connectivity index (χ2v) is 4.82. The molecule has 22 heavy (non-hydrogen) atoms. The molecule has 2 rings (SSSR count). The van der Waals surface area contributed by atoms with E-state index in [1.54, 1.807) is 6.92 Å². The van der Waals surface area contributed by atoms with E-state index in [2.05, 4.69) is 0 Å². The molecule has 0 saturated heterocycles. The summed E-state index contributed by atoms with van der Waals surface area (Å²) in [6, 6.07) is 8.03. The molecule has 1 N–H and O–H groups in total. The van der Waals surface area contributed by atoms with E-state index < -0.39 is 17.8 Å². The zero-order valence-corrected chi connectivity index (χ0v) is 12.4. The van der Waals surface area contributed by atoms with Gasteiger partial charge in [0.05, 0.1) is 17.7 Å². The lowest BCUT2D eigenvalue weighted by atomic mass is 10.0. The van der Waals surface area contributed by atoms with Crippen LogP contribution in [0, 0.1) is 5.82 Å². The van der Waals surface area contributed by atoms with Gasteiger partial charge in [0.25, 0.3) is 0 Å². The number of carbonyl (C=O) groups excluding carboxylic acids is 1. The highest BCUT2D eigenvalue weighted by Gasteiger charge is 2.15. The van der Waals surface area contributed by atoms with E-state index in [4.69, 9.17) is 21.4 Å². The summed E-state index contributed by atoms with van der Waals surface area (Å²) in [4.78, 5) is 22.6. The highest BCUT2D eigenvalue weighted by molar-refractivity contribution is 6.33. The smallest absolute Gasteiger partial charge is 0.341 e. The zero-order valence-electron chi connectivity index (χ0n) is 11.6. The Morgan fingerprint density at radius 3 is 2.55 bits per heavy atom. The normalized spacial score (nSPS) is 10.3. The Kier molecular flexibility index (Phi) is 4.78. The van der Waals surface area contributed by atoms with Crippen molar-refractivity contribution in [3.05, 3.63) is 58.4 Å². The van der Waals surface area contributed by atoms with E-state index in [-0.39, 0.29) is 22.8 Å². The molecule has 0 fully saturated rings. The fourth-order valence-corrected chi connectivity index (χ4v) is 2.16. The molecule has 0 unspecified atom stereocenters. The number of hydrogen-bond donors (Lipinski definition) is 1. The Labute approximate surface area is 131 Å². The van der Waals surface area contributed by atoms with Gasteiger partial charge in [-0.05, 0) is 42.8 Å². The van der Waals surface area contributed by atoms with Crippen LogP contribution in [-0.2, 0) is 4.74 Å². The number of carboxylic acids is 1. The summed E-state index contributed by atoms with van der Waals surface area (Å²) >= 11 is 6.03. The number of carbonyl (C=O) groups is 2. The molecule has 0 atom stereocenters. The van der Waals surface area contributed by atoms with E-state index in [0.29, 0.717) is 11.1 Å². The van der Waals surface area contributed by atoms with Gasteiger partial charge in [-0.2, -0.15) is 0 Å². The predicted octanol–water partition coefficient (Wildman–Crippen LogP) is 4.02. The number of esters is 1. The van der Waals surface area contributed by atoms with Crippen molar-refractivity contribution >= 4 is 23.5 Å². The molecule has 0 amide bonds. The molecule has 4 nitrogen and oxygen atoms in total. The number of rotatable bonds is 4. The Balaban J connectivity index is 2.46. The fraction of sp³-hybridized carbons (Fsp3) is 0.125. The van der Waals surface area contributed by atoms with Crippen molar-refractivity contribution in [3.63, 3.8) is 0 Å². The minimum absolute atomic E-state index is 0.0364. The molecule has 0 aliphatic heterocycles. The van der Waals surface area contributed by atoms with Crippen molar-refractivity contribution in [3.8, 4) is 11.1 Å². The topological polar surface area (TPSA) is 63.6 Å². The largest absolute Gasteiger partial charge is 0.478 e. The number of benzene rings is 2. The maximum atomic E-state index is 14.0. The minimum atomic E-state index is -1.11. The lowest BCUT2D eigenvalue weighted by Crippen LogP contribution is -2.07. The first kappa shape index (κ1) is 16.0. The van der Waals surface area contributed by atoms with Crippen molar-refractivity contribution in [1.82, 2.24) is 0 Å². The van der Waals surface area contributed by atoms with Crippen LogP contribution < -0.4 is 0 Å². The maximum absolute atomic E-state index is 14.0. The first-order chi connectivity index (χ1) is 10.4. The zero-order chi connectivity index (χ0) is 16.3. The number of ether oxygens (including phenoxy) is 1. The molecular weight excluding hydrogens is 311 g/mol. The van der Waals surface area contributed by atoms with Crippen molar-refractivity contribution in [2.75, 3.05) is 6.61 Å². The van der Waals surface area contributed by atoms with Crippen LogP contribution in [0.15, 0.2) is 36.4 Å². The van der Waals surface area contributed by atoms with Crippen LogP contribution in [0.4, 0.5) is 4.39 Å². The molecule has 0 aliphatic carbocycles. The van der Waals surface area contributed by atoms with Gasteiger partial charge in [-0.3, -0.25) is 0 Å². The van der Waals surface area contributed by atoms with Crippen LogP contribution in [0.25, 0.3) is 11.1 Å². The quantitative estimate of drug-likeness (QED) is 0.863. The summed E-state index contributed by atoms with van der Waals surface area (Å²) in [5, 5.41) is 9.28. The van der Waals surface area contributed by atoms with Crippen molar-refractivity contribution in [2.45, 2.75) is 6.92 Å². The van der Waals surface area contributed by atoms with Crippen LogP contribution in [0.3, 0.4) is 0 Å². The molecule has 0 heterocycles. The molecule has 0 spiro atoms. The maximum Gasteiger partial charge on any atom is 0.341 e. The molecule has 6 heteroatoms. The molecular formula is C16H12ClFO4. The third kappa shape index (κ3) is 3.26. The van der Waals surface area contributed by atoms with Crippen molar-refractivity contribution < 1.29 is 23.8 Å². The second kappa shape index (κ2) is 6.58. The third-order valence-corrected chi connectivity index (χ3v) is 3.32. The van der Waals surface area contributed by atoms with E-state index in [1.165, 1.54) is 30.3 Å². The highest BCUT2D eigenvalue weighted by atomic mass is 35.5. The molecule has 0 aromatic heterocycles. The van der Waals surface area contributed by atoms with E-state index >= 15 is 0 Å². The lowest BCUT2D eigenvalue weighted by Gasteiger charge is -2.08. The molecule has 2 aromatic carbocycles. The van der Waals surface area contributed by atoms with Gasteiger partial charge in [-0.25, -0.2) is 14.0 Å². The summed E-state index contributed by atoms with van der Waals surface area (Å²) in [6.45, 7) is 1.77. The fourth-order valence-electron chi connectivity index (χ4n) is 1.94. The van der Waals surface area contributed by atoms with Crippen LogP contribution in [-0.4, -0.2) is 23.7 Å². The molecule has 114 valence electrons. The van der Waals surface area contributed by atoms with Gasteiger partial charge in [0.1, 0.15) is 5.82 Å². The van der Waals surface area contributed by atoms with Gasteiger partial charge in [0.15, 0.2) is 0 Å². The summed E-state index contributed by atoms with van der Waals surface area (Å²) in [6.07, 6.45) is 0. The van der Waals surface area contributed by atoms with Gasteiger partial charge in [0.2, 0.25) is 0 Å². The standard InChI is InChI=1S/C16H12ClFO4/c1-2-22-16(21)11-5-3-9(8-14(11)18)12-7-10(15(19)20)4-6-13(12)17/h3-8H,2H2,1H3,(H,19,20). The van der Waals surface area contributed by atoms with Gasteiger partial charge < -0.3 is 9.84 Å². The van der Waals surface area contributed by atoms with Gasteiger partial charge in [-0.1, -0.05) is 17.7 Å². The molecule has 2 aromatic rings. The first-order valence-electron chi connectivity index (χ1n) is 6.44. The van der Waals surface area contributed by atoms with Crippen LogP contribution in [0.1, 0.15) is 27.6 Å². The highest BCUT2D eigenvalue weighted by Crippen LogP contribution is 2.30. The summed E-state index contributed by atoms with van der Waals surface area (Å²) in [7, 11) is 0. The van der Waals surface area contributed by atoms with Crippen LogP contribution >= 0.6 is 11.6 Å². The van der Waals surface area contributed by atoms with Crippen molar-refractivity contribution in [1.29, 1.82) is 0 Å². The summed E-state index contributed by atoms with van der Waals surface area (Å²) in [5.74, 6) is -2.62. The van der Waals surface area contributed by atoms with E-state index in [1.807, 2.05) is 0 Å². The molecule has 0 aliphatic rings. The lowest BCUT2D eigenvalue weighted by molar-refractivity contribution is 0.0520. The molecule has 0 bridgehead atoms. The number of carboxylic acid groups (broad SMARTS) is 1. The van der Waals surface area contributed by atoms with Gasteiger partial charge >= 0.3 is 11.9 Å². The molecule has 0 radical (unpaired) electrons. The second-order valence-electron chi connectivity index (χ2n) is 4.41. The summed E-state index contributed by atoms with van der Waals surface area (Å²) < 4.78 is 18.8.